The highest BCUT2D eigenvalue weighted by molar-refractivity contribution is 6.30. The maximum Gasteiger partial charge on any atom is 0.118 e. The van der Waals surface area contributed by atoms with E-state index in [-0.39, 0.29) is 5.60 Å². The SMILES string of the molecule is CN1CC[C@]2(CO2)c2cc(Cl)ccc2C1. The molecule has 0 N–H and O–H groups in total. The topological polar surface area (TPSA) is 15.8 Å². The monoisotopic (exact) mass is 223 g/mol. The van der Waals surface area contributed by atoms with Crippen molar-refractivity contribution in [3.8, 4) is 0 Å². The van der Waals surface area contributed by atoms with E-state index in [1.807, 2.05) is 6.07 Å². The molecule has 1 spiro atoms. The molecule has 0 unspecified atom stereocenters. The Morgan fingerprint density at radius 1 is 1.47 bits per heavy atom. The zero-order chi connectivity index (χ0) is 10.5. The molecule has 0 radical (unpaired) electrons. The zero-order valence-corrected chi connectivity index (χ0v) is 9.55. The number of benzene rings is 1. The predicted octanol–water partition coefficient (Wildman–Crippen LogP) is 2.40. The summed E-state index contributed by atoms with van der Waals surface area (Å²) in [6.45, 7) is 2.94. The van der Waals surface area contributed by atoms with Crippen molar-refractivity contribution in [3.63, 3.8) is 0 Å². The number of hydrogen-bond donors (Lipinski definition) is 0. The van der Waals surface area contributed by atoms with Crippen LogP contribution in [0.1, 0.15) is 17.5 Å². The zero-order valence-electron chi connectivity index (χ0n) is 8.79. The molecule has 0 saturated carbocycles. The van der Waals surface area contributed by atoms with Crippen molar-refractivity contribution in [3.05, 3.63) is 34.3 Å². The van der Waals surface area contributed by atoms with E-state index >= 15 is 0 Å². The quantitative estimate of drug-likeness (QED) is 0.628. The summed E-state index contributed by atoms with van der Waals surface area (Å²) in [6.07, 6.45) is 1.08. The van der Waals surface area contributed by atoms with Crippen LogP contribution in [0.3, 0.4) is 0 Å². The van der Waals surface area contributed by atoms with E-state index in [9.17, 15) is 0 Å². The Labute approximate surface area is 94.8 Å². The van der Waals surface area contributed by atoms with Gasteiger partial charge in [0.05, 0.1) is 6.61 Å². The Bertz CT molecular complexity index is 401. The molecule has 1 aromatic rings. The molecule has 0 bridgehead atoms. The van der Waals surface area contributed by atoms with E-state index < -0.39 is 0 Å². The van der Waals surface area contributed by atoms with Gasteiger partial charge >= 0.3 is 0 Å². The normalized spacial score (nSPS) is 30.0. The lowest BCUT2D eigenvalue weighted by molar-refractivity contribution is 0.258. The van der Waals surface area contributed by atoms with Crippen molar-refractivity contribution in [2.24, 2.45) is 0 Å². The lowest BCUT2D eigenvalue weighted by Gasteiger charge is -2.12. The molecule has 3 heteroatoms. The minimum absolute atomic E-state index is 0.00894. The van der Waals surface area contributed by atoms with Crippen molar-refractivity contribution < 1.29 is 4.74 Å². The van der Waals surface area contributed by atoms with Gasteiger partial charge in [-0.1, -0.05) is 17.7 Å². The molecule has 0 aromatic heterocycles. The van der Waals surface area contributed by atoms with Crippen molar-refractivity contribution in [2.75, 3.05) is 20.2 Å². The minimum Gasteiger partial charge on any atom is -0.364 e. The van der Waals surface area contributed by atoms with Crippen LogP contribution < -0.4 is 0 Å². The average molecular weight is 224 g/mol. The first-order valence-corrected chi connectivity index (χ1v) is 5.69. The summed E-state index contributed by atoms with van der Waals surface area (Å²) < 4.78 is 5.66. The van der Waals surface area contributed by atoms with Crippen LogP contribution in [0.4, 0.5) is 0 Å². The second kappa shape index (κ2) is 3.21. The summed E-state index contributed by atoms with van der Waals surface area (Å²) in [5.74, 6) is 0. The van der Waals surface area contributed by atoms with Crippen molar-refractivity contribution in [2.45, 2.75) is 18.6 Å². The predicted molar refractivity (Wildman–Crippen MR) is 60.0 cm³/mol. The van der Waals surface area contributed by atoms with Gasteiger partial charge < -0.3 is 9.64 Å². The van der Waals surface area contributed by atoms with Gasteiger partial charge in [0.25, 0.3) is 0 Å². The maximum absolute atomic E-state index is 6.05. The standard InChI is InChI=1S/C12H14ClNO/c1-14-5-4-12(8-15-12)11-6-10(13)3-2-9(11)7-14/h2-3,6H,4-5,7-8H2,1H3/t12-/m0/s1. The van der Waals surface area contributed by atoms with Crippen LogP contribution in [-0.2, 0) is 16.9 Å². The third kappa shape index (κ3) is 1.57. The number of nitrogens with zero attached hydrogens (tertiary/aromatic N) is 1. The summed E-state index contributed by atoms with van der Waals surface area (Å²) in [5.41, 5.74) is 2.65. The minimum atomic E-state index is -0.00894. The largest absolute Gasteiger partial charge is 0.364 e. The lowest BCUT2D eigenvalue weighted by Crippen LogP contribution is -2.18. The molecule has 2 nitrogen and oxygen atoms in total. The first kappa shape index (κ1) is 9.64. The number of hydrogen-bond acceptors (Lipinski definition) is 2. The van der Waals surface area contributed by atoms with E-state index in [0.29, 0.717) is 0 Å². The highest BCUT2D eigenvalue weighted by atomic mass is 35.5. The molecule has 1 saturated heterocycles. The number of ether oxygens (including phenoxy) is 1. The third-order valence-corrected chi connectivity index (χ3v) is 3.63. The highest BCUT2D eigenvalue weighted by Crippen LogP contribution is 2.46. The molecule has 1 atom stereocenters. The first-order valence-electron chi connectivity index (χ1n) is 5.31. The molecule has 2 aliphatic rings. The molecule has 1 fully saturated rings. The second-order valence-electron chi connectivity index (χ2n) is 4.57. The van der Waals surface area contributed by atoms with Gasteiger partial charge in [0, 0.05) is 18.1 Å². The average Bonchev–Trinajstić information content (AvgIpc) is 2.99. The molecule has 80 valence electrons. The van der Waals surface area contributed by atoms with Crippen LogP contribution in [0.25, 0.3) is 0 Å². The van der Waals surface area contributed by atoms with Gasteiger partial charge in [-0.05, 0) is 36.7 Å². The van der Waals surface area contributed by atoms with Gasteiger partial charge in [-0.15, -0.1) is 0 Å². The Morgan fingerprint density at radius 3 is 3.00 bits per heavy atom. The van der Waals surface area contributed by atoms with E-state index in [1.54, 1.807) is 0 Å². The fourth-order valence-electron chi connectivity index (χ4n) is 2.37. The Balaban J connectivity index is 2.10. The van der Waals surface area contributed by atoms with Crippen LogP contribution in [0.5, 0.6) is 0 Å². The van der Waals surface area contributed by atoms with Gasteiger partial charge in [-0.25, -0.2) is 0 Å². The van der Waals surface area contributed by atoms with Crippen LogP contribution in [0.2, 0.25) is 5.02 Å². The number of epoxide rings is 1. The summed E-state index contributed by atoms with van der Waals surface area (Å²) in [6, 6.07) is 6.17. The van der Waals surface area contributed by atoms with E-state index in [2.05, 4.69) is 24.1 Å². The molecule has 0 amide bonds. The van der Waals surface area contributed by atoms with Crippen LogP contribution >= 0.6 is 11.6 Å². The van der Waals surface area contributed by atoms with E-state index in [4.69, 9.17) is 16.3 Å². The third-order valence-electron chi connectivity index (χ3n) is 3.39. The molecule has 2 aliphatic heterocycles. The van der Waals surface area contributed by atoms with Gasteiger partial charge in [-0.3, -0.25) is 0 Å². The van der Waals surface area contributed by atoms with Crippen LogP contribution in [0, 0.1) is 0 Å². The Hall–Kier alpha value is -0.570. The molecule has 2 heterocycles. The van der Waals surface area contributed by atoms with Crippen LogP contribution in [0.15, 0.2) is 18.2 Å². The summed E-state index contributed by atoms with van der Waals surface area (Å²) >= 11 is 6.05. The Kier molecular flexibility index (Phi) is 2.06. The van der Waals surface area contributed by atoms with E-state index in [0.717, 1.165) is 31.1 Å². The molecule has 1 aromatic carbocycles. The van der Waals surface area contributed by atoms with Gasteiger partial charge in [0.15, 0.2) is 0 Å². The molecular formula is C12H14ClNO. The van der Waals surface area contributed by atoms with Gasteiger partial charge in [0.2, 0.25) is 0 Å². The maximum atomic E-state index is 6.05. The number of rotatable bonds is 0. The lowest BCUT2D eigenvalue weighted by atomic mass is 9.93. The molecule has 0 aliphatic carbocycles. The molecule has 15 heavy (non-hydrogen) atoms. The van der Waals surface area contributed by atoms with E-state index in [1.165, 1.54) is 11.1 Å². The Morgan fingerprint density at radius 2 is 2.27 bits per heavy atom. The second-order valence-corrected chi connectivity index (χ2v) is 5.01. The van der Waals surface area contributed by atoms with Crippen molar-refractivity contribution >= 4 is 11.6 Å². The first-order chi connectivity index (χ1) is 7.20. The molecule has 3 rings (SSSR count). The summed E-state index contributed by atoms with van der Waals surface area (Å²) in [7, 11) is 2.15. The highest BCUT2D eigenvalue weighted by Gasteiger charge is 2.48. The van der Waals surface area contributed by atoms with Crippen molar-refractivity contribution in [1.82, 2.24) is 4.90 Å². The summed E-state index contributed by atoms with van der Waals surface area (Å²) in [5, 5.41) is 0.813. The number of fused-ring (bicyclic) bond motifs is 2. The fraction of sp³-hybridized carbons (Fsp3) is 0.500. The smallest absolute Gasteiger partial charge is 0.118 e. The molecular weight excluding hydrogens is 210 g/mol. The van der Waals surface area contributed by atoms with Crippen molar-refractivity contribution in [1.29, 1.82) is 0 Å². The fourth-order valence-corrected chi connectivity index (χ4v) is 2.55. The summed E-state index contributed by atoms with van der Waals surface area (Å²) in [4.78, 5) is 2.34. The number of halogens is 1. The van der Waals surface area contributed by atoms with Gasteiger partial charge in [-0.2, -0.15) is 0 Å². The van der Waals surface area contributed by atoms with Gasteiger partial charge in [0.1, 0.15) is 5.60 Å². The van der Waals surface area contributed by atoms with Crippen LogP contribution in [-0.4, -0.2) is 25.1 Å².